The van der Waals surface area contributed by atoms with Gasteiger partial charge < -0.3 is 8.98 Å². The molecule has 0 bridgehead atoms. The summed E-state index contributed by atoms with van der Waals surface area (Å²) in [4.78, 5) is 16.1. The predicted octanol–water partition coefficient (Wildman–Crippen LogP) is 15.3. The molecule has 9 aromatic carbocycles. The van der Waals surface area contributed by atoms with Crippen molar-refractivity contribution >= 4 is 65.6 Å². The lowest BCUT2D eigenvalue weighted by atomic mass is 9.82. The third-order valence-electron chi connectivity index (χ3n) is 14.0. The number of hydrogen-bond donors (Lipinski definition) is 0. The molecule has 66 heavy (non-hydrogen) atoms. The standard InChI is InChI=1S/C60H39N5O/c1-60(2)48-24-12-9-20-40(48)41-30-28-39(35-49(41)60)58-61-57(37-18-7-4-8-19-37)62-59(63-58)65-51-26-14-11-22-43(51)45-32-31-44-42-21-10-13-25-50(42)64(54(44)55(45)65)52-27-15-23-46-47-34-38(36-16-5-3-6-17-36)29-33-53(47)66-56(46)52/h3-35H,1-2H3. The highest BCUT2D eigenvalue weighted by Crippen LogP contribution is 2.50. The average molecular weight is 846 g/mol. The van der Waals surface area contributed by atoms with Crippen LogP contribution in [0.2, 0.25) is 0 Å². The molecular weight excluding hydrogens is 807 g/mol. The lowest BCUT2D eigenvalue weighted by Crippen LogP contribution is -2.15. The second-order valence-corrected chi connectivity index (χ2v) is 18.0. The Morgan fingerprint density at radius 2 is 0.985 bits per heavy atom. The average Bonchev–Trinajstić information content (AvgIpc) is 4.09. The Labute approximate surface area is 379 Å². The molecule has 0 aliphatic heterocycles. The van der Waals surface area contributed by atoms with Gasteiger partial charge in [-0.3, -0.25) is 4.57 Å². The van der Waals surface area contributed by atoms with Crippen molar-refractivity contribution in [1.29, 1.82) is 0 Å². The maximum atomic E-state index is 6.92. The summed E-state index contributed by atoms with van der Waals surface area (Å²) in [5.41, 5.74) is 15.9. The van der Waals surface area contributed by atoms with Crippen molar-refractivity contribution in [2.75, 3.05) is 0 Å². The van der Waals surface area contributed by atoms with Crippen LogP contribution in [0.15, 0.2) is 205 Å². The van der Waals surface area contributed by atoms with Gasteiger partial charge in [0, 0.05) is 48.9 Å². The fourth-order valence-corrected chi connectivity index (χ4v) is 10.9. The van der Waals surface area contributed by atoms with Crippen molar-refractivity contribution < 1.29 is 4.42 Å². The van der Waals surface area contributed by atoms with Crippen LogP contribution < -0.4 is 0 Å². The Hall–Kier alpha value is -8.61. The smallest absolute Gasteiger partial charge is 0.238 e. The highest BCUT2D eigenvalue weighted by atomic mass is 16.3. The van der Waals surface area contributed by atoms with Gasteiger partial charge in [0.1, 0.15) is 5.58 Å². The maximum absolute atomic E-state index is 6.92. The van der Waals surface area contributed by atoms with E-state index < -0.39 is 0 Å². The molecule has 1 aliphatic carbocycles. The van der Waals surface area contributed by atoms with E-state index in [2.05, 4.69) is 205 Å². The summed E-state index contributed by atoms with van der Waals surface area (Å²) in [5.74, 6) is 1.78. The van der Waals surface area contributed by atoms with Crippen LogP contribution in [0.1, 0.15) is 25.0 Å². The molecule has 0 atom stereocenters. The summed E-state index contributed by atoms with van der Waals surface area (Å²) in [6, 6.07) is 71.1. The molecule has 0 spiro atoms. The van der Waals surface area contributed by atoms with Crippen LogP contribution in [0.3, 0.4) is 0 Å². The van der Waals surface area contributed by atoms with Crippen LogP contribution in [0, 0.1) is 0 Å². The Morgan fingerprint density at radius 1 is 0.394 bits per heavy atom. The minimum Gasteiger partial charge on any atom is -0.454 e. The molecule has 0 amide bonds. The number of para-hydroxylation sites is 3. The van der Waals surface area contributed by atoms with E-state index >= 15 is 0 Å². The van der Waals surface area contributed by atoms with Crippen LogP contribution >= 0.6 is 0 Å². The van der Waals surface area contributed by atoms with Crippen molar-refractivity contribution in [2.24, 2.45) is 0 Å². The Bertz CT molecular complexity index is 4140. The number of fused-ring (bicyclic) bond motifs is 13. The molecule has 4 aromatic heterocycles. The summed E-state index contributed by atoms with van der Waals surface area (Å²) in [6.07, 6.45) is 0. The van der Waals surface area contributed by atoms with Gasteiger partial charge in [0.15, 0.2) is 17.2 Å². The van der Waals surface area contributed by atoms with Gasteiger partial charge in [-0.1, -0.05) is 178 Å². The zero-order chi connectivity index (χ0) is 43.7. The van der Waals surface area contributed by atoms with E-state index in [-0.39, 0.29) is 5.41 Å². The topological polar surface area (TPSA) is 61.7 Å². The molecule has 0 saturated carbocycles. The molecular formula is C60H39N5O. The monoisotopic (exact) mass is 845 g/mol. The van der Waals surface area contributed by atoms with Gasteiger partial charge in [-0.15, -0.1) is 0 Å². The fraction of sp³-hybridized carbons (Fsp3) is 0.0500. The molecule has 0 N–H and O–H groups in total. The number of rotatable bonds is 5. The van der Waals surface area contributed by atoms with Crippen molar-refractivity contribution in [3.63, 3.8) is 0 Å². The van der Waals surface area contributed by atoms with E-state index in [0.717, 1.165) is 87.9 Å². The van der Waals surface area contributed by atoms with E-state index in [4.69, 9.17) is 19.4 Å². The quantitative estimate of drug-likeness (QED) is 0.173. The second kappa shape index (κ2) is 13.7. The third kappa shape index (κ3) is 5.21. The Morgan fingerprint density at radius 3 is 1.74 bits per heavy atom. The van der Waals surface area contributed by atoms with E-state index in [9.17, 15) is 0 Å². The highest BCUT2D eigenvalue weighted by molar-refractivity contribution is 6.24. The maximum Gasteiger partial charge on any atom is 0.238 e. The van der Waals surface area contributed by atoms with Crippen LogP contribution in [-0.4, -0.2) is 24.1 Å². The van der Waals surface area contributed by atoms with Crippen molar-refractivity contribution in [3.8, 4) is 56.7 Å². The fourth-order valence-electron chi connectivity index (χ4n) is 10.9. The SMILES string of the molecule is CC1(C)c2ccccc2-c2ccc(-c3nc(-c4ccccc4)nc(-n4c5ccccc5c5ccc6c7ccccc7n(-c7cccc8c7oc7ccc(-c9ccccc9)cc78)c6c54)n3)cc21. The first-order chi connectivity index (χ1) is 32.5. The first-order valence-corrected chi connectivity index (χ1v) is 22.5. The van der Waals surface area contributed by atoms with Crippen molar-refractivity contribution in [2.45, 2.75) is 19.3 Å². The minimum absolute atomic E-state index is 0.182. The minimum atomic E-state index is -0.182. The summed E-state index contributed by atoms with van der Waals surface area (Å²) in [6.45, 7) is 4.62. The number of aromatic nitrogens is 5. The lowest BCUT2D eigenvalue weighted by Gasteiger charge is -2.21. The predicted molar refractivity (Wildman–Crippen MR) is 270 cm³/mol. The lowest BCUT2D eigenvalue weighted by molar-refractivity contribution is 0.660. The summed E-state index contributed by atoms with van der Waals surface area (Å²) < 4.78 is 11.6. The summed E-state index contributed by atoms with van der Waals surface area (Å²) in [7, 11) is 0. The molecule has 14 rings (SSSR count). The van der Waals surface area contributed by atoms with Crippen molar-refractivity contribution in [3.05, 3.63) is 211 Å². The largest absolute Gasteiger partial charge is 0.454 e. The van der Waals surface area contributed by atoms with Crippen molar-refractivity contribution in [1.82, 2.24) is 24.1 Å². The molecule has 0 unspecified atom stereocenters. The molecule has 6 heteroatoms. The van der Waals surface area contributed by atoms with E-state index in [1.165, 1.54) is 27.8 Å². The molecule has 310 valence electrons. The molecule has 0 radical (unpaired) electrons. The normalized spacial score (nSPS) is 13.1. The van der Waals surface area contributed by atoms with Gasteiger partial charge in [-0.05, 0) is 69.8 Å². The van der Waals surface area contributed by atoms with Gasteiger partial charge in [0.25, 0.3) is 0 Å². The Kier molecular flexibility index (Phi) is 7.64. The van der Waals surface area contributed by atoms with E-state index in [1.54, 1.807) is 0 Å². The molecule has 13 aromatic rings. The number of benzene rings is 9. The number of furan rings is 1. The Balaban J connectivity index is 1.07. The van der Waals surface area contributed by atoms with E-state index in [1.807, 2.05) is 18.2 Å². The molecule has 0 fully saturated rings. The van der Waals surface area contributed by atoms with Crippen LogP contribution in [0.5, 0.6) is 0 Å². The first-order valence-electron chi connectivity index (χ1n) is 22.5. The van der Waals surface area contributed by atoms with Gasteiger partial charge in [0.2, 0.25) is 5.95 Å². The highest BCUT2D eigenvalue weighted by Gasteiger charge is 2.35. The molecule has 1 aliphatic rings. The van der Waals surface area contributed by atoms with E-state index in [0.29, 0.717) is 17.6 Å². The number of nitrogens with zero attached hydrogens (tertiary/aromatic N) is 5. The number of hydrogen-bond acceptors (Lipinski definition) is 4. The summed E-state index contributed by atoms with van der Waals surface area (Å²) in [5, 5.41) is 6.63. The van der Waals surface area contributed by atoms with Gasteiger partial charge in [-0.25, -0.2) is 4.98 Å². The molecule has 4 heterocycles. The summed E-state index contributed by atoms with van der Waals surface area (Å²) >= 11 is 0. The zero-order valence-corrected chi connectivity index (χ0v) is 36.2. The molecule has 0 saturated heterocycles. The van der Waals surface area contributed by atoms with Crippen LogP contribution in [0.4, 0.5) is 0 Å². The molecule has 6 nitrogen and oxygen atoms in total. The van der Waals surface area contributed by atoms with Crippen LogP contribution in [0.25, 0.3) is 122 Å². The van der Waals surface area contributed by atoms with Gasteiger partial charge in [0.05, 0.1) is 27.8 Å². The van der Waals surface area contributed by atoms with Gasteiger partial charge in [-0.2, -0.15) is 9.97 Å². The van der Waals surface area contributed by atoms with Crippen LogP contribution in [-0.2, 0) is 5.41 Å². The zero-order valence-electron chi connectivity index (χ0n) is 36.2. The van der Waals surface area contributed by atoms with Gasteiger partial charge >= 0.3 is 0 Å². The third-order valence-corrected chi connectivity index (χ3v) is 14.0. The second-order valence-electron chi connectivity index (χ2n) is 18.0. The first kappa shape index (κ1) is 36.8.